The molecule has 0 saturated carbocycles. The van der Waals surface area contributed by atoms with E-state index in [-0.39, 0.29) is 6.10 Å². The van der Waals surface area contributed by atoms with E-state index >= 15 is 0 Å². The van der Waals surface area contributed by atoms with Crippen molar-refractivity contribution in [3.05, 3.63) is 78.1 Å². The lowest BCUT2D eigenvalue weighted by Crippen LogP contribution is -2.37. The van der Waals surface area contributed by atoms with E-state index in [1.807, 2.05) is 41.1 Å². The molecule has 1 atom stereocenters. The maximum atomic E-state index is 13.5. The molecule has 0 bridgehead atoms. The molecule has 0 aliphatic carbocycles. The van der Waals surface area contributed by atoms with Gasteiger partial charge in [0.2, 0.25) is 5.95 Å². The molecule has 3 heterocycles. The summed E-state index contributed by atoms with van der Waals surface area (Å²) in [6, 6.07) is 13.1. The van der Waals surface area contributed by atoms with Crippen molar-refractivity contribution in [3.63, 3.8) is 0 Å². The standard InChI is InChI=1S/C24H23F2N5O/c25-18-10-16(11-19(26)12-18)15-31-9-7-17-13-28-24(30-23(17)31)29-20-3-5-21(6-4-20)32-22-2-1-8-27-14-22/h3-7,9-13,22,27H,1-2,8,14-15H2,(H,28,29,30). The fourth-order valence-electron chi connectivity index (χ4n) is 3.92. The Morgan fingerprint density at radius 1 is 1.09 bits per heavy atom. The van der Waals surface area contributed by atoms with Gasteiger partial charge < -0.3 is 19.9 Å². The van der Waals surface area contributed by atoms with Crippen molar-refractivity contribution in [2.24, 2.45) is 0 Å². The summed E-state index contributed by atoms with van der Waals surface area (Å²) in [5.41, 5.74) is 2.04. The largest absolute Gasteiger partial charge is 0.489 e. The minimum absolute atomic E-state index is 0.202. The monoisotopic (exact) mass is 435 g/mol. The van der Waals surface area contributed by atoms with E-state index in [0.29, 0.717) is 23.7 Å². The second kappa shape index (κ2) is 8.92. The number of ether oxygens (including phenoxy) is 1. The van der Waals surface area contributed by atoms with E-state index in [0.717, 1.165) is 48.8 Å². The molecule has 0 spiro atoms. The van der Waals surface area contributed by atoms with E-state index in [2.05, 4.69) is 20.6 Å². The average molecular weight is 435 g/mol. The second-order valence-corrected chi connectivity index (χ2v) is 7.93. The Morgan fingerprint density at radius 3 is 2.66 bits per heavy atom. The van der Waals surface area contributed by atoms with Gasteiger partial charge in [-0.3, -0.25) is 0 Å². The molecule has 1 aliphatic heterocycles. The Bertz CT molecular complexity index is 1200. The van der Waals surface area contributed by atoms with Crippen LogP contribution in [0.2, 0.25) is 0 Å². The SMILES string of the molecule is Fc1cc(F)cc(Cn2ccc3cnc(Nc4ccc(OC5CCCNC5)cc4)nc32)c1. The Kier molecular flexibility index (Phi) is 5.68. The molecule has 1 aliphatic rings. The summed E-state index contributed by atoms with van der Waals surface area (Å²) in [5.74, 6) is 0.0751. The van der Waals surface area contributed by atoms with Gasteiger partial charge >= 0.3 is 0 Å². The highest BCUT2D eigenvalue weighted by Gasteiger charge is 2.14. The van der Waals surface area contributed by atoms with Gasteiger partial charge in [0.15, 0.2) is 0 Å². The van der Waals surface area contributed by atoms with Crippen molar-refractivity contribution < 1.29 is 13.5 Å². The van der Waals surface area contributed by atoms with Crippen LogP contribution in [-0.4, -0.2) is 33.7 Å². The summed E-state index contributed by atoms with van der Waals surface area (Å²) in [7, 11) is 0. The Labute approximate surface area is 184 Å². The molecule has 1 saturated heterocycles. The zero-order valence-corrected chi connectivity index (χ0v) is 17.4. The van der Waals surface area contributed by atoms with Crippen molar-refractivity contribution in [2.75, 3.05) is 18.4 Å². The third kappa shape index (κ3) is 4.70. The van der Waals surface area contributed by atoms with Crippen LogP contribution in [0, 0.1) is 11.6 Å². The molecular formula is C24H23F2N5O. The smallest absolute Gasteiger partial charge is 0.229 e. The molecule has 2 aromatic carbocycles. The first-order chi connectivity index (χ1) is 15.6. The third-order valence-electron chi connectivity index (χ3n) is 5.44. The Balaban J connectivity index is 1.30. The molecule has 0 amide bonds. The summed E-state index contributed by atoms with van der Waals surface area (Å²) < 4.78 is 34.9. The summed E-state index contributed by atoms with van der Waals surface area (Å²) in [6.45, 7) is 2.22. The zero-order valence-electron chi connectivity index (χ0n) is 17.4. The fourth-order valence-corrected chi connectivity index (χ4v) is 3.92. The summed E-state index contributed by atoms with van der Waals surface area (Å²) in [4.78, 5) is 8.97. The second-order valence-electron chi connectivity index (χ2n) is 7.93. The highest BCUT2D eigenvalue weighted by Crippen LogP contribution is 2.22. The molecule has 5 rings (SSSR count). The molecule has 6 nitrogen and oxygen atoms in total. The van der Waals surface area contributed by atoms with Crippen LogP contribution < -0.4 is 15.4 Å². The van der Waals surface area contributed by atoms with Gasteiger partial charge in [0.25, 0.3) is 0 Å². The number of piperidine rings is 1. The molecule has 4 aromatic rings. The number of hydrogen-bond acceptors (Lipinski definition) is 5. The van der Waals surface area contributed by atoms with Crippen LogP contribution in [-0.2, 0) is 6.54 Å². The van der Waals surface area contributed by atoms with Gasteiger partial charge in [-0.1, -0.05) is 0 Å². The lowest BCUT2D eigenvalue weighted by molar-refractivity contribution is 0.167. The molecule has 32 heavy (non-hydrogen) atoms. The van der Waals surface area contributed by atoms with Crippen LogP contribution in [0.5, 0.6) is 5.75 Å². The normalized spacial score (nSPS) is 16.2. The molecule has 1 unspecified atom stereocenters. The number of benzene rings is 2. The number of aromatic nitrogens is 3. The topological polar surface area (TPSA) is 64.0 Å². The van der Waals surface area contributed by atoms with E-state index in [4.69, 9.17) is 4.74 Å². The lowest BCUT2D eigenvalue weighted by atomic mass is 10.1. The molecule has 2 aromatic heterocycles. The van der Waals surface area contributed by atoms with Crippen molar-refractivity contribution in [3.8, 4) is 5.75 Å². The minimum Gasteiger partial charge on any atom is -0.489 e. The molecule has 8 heteroatoms. The first kappa shape index (κ1) is 20.4. The quantitative estimate of drug-likeness (QED) is 0.462. The first-order valence-corrected chi connectivity index (χ1v) is 10.6. The predicted molar refractivity (Wildman–Crippen MR) is 119 cm³/mol. The van der Waals surface area contributed by atoms with Crippen LogP contribution in [0.1, 0.15) is 18.4 Å². The lowest BCUT2D eigenvalue weighted by Gasteiger charge is -2.24. The van der Waals surface area contributed by atoms with Crippen molar-refractivity contribution >= 4 is 22.7 Å². The summed E-state index contributed by atoms with van der Waals surface area (Å²) in [5, 5.41) is 7.39. The van der Waals surface area contributed by atoms with Crippen molar-refractivity contribution in [2.45, 2.75) is 25.5 Å². The number of anilines is 2. The van der Waals surface area contributed by atoms with Gasteiger partial charge in [-0.25, -0.2) is 13.8 Å². The van der Waals surface area contributed by atoms with E-state index in [1.54, 1.807) is 6.20 Å². The highest BCUT2D eigenvalue weighted by molar-refractivity contribution is 5.77. The van der Waals surface area contributed by atoms with E-state index in [9.17, 15) is 8.78 Å². The molecule has 2 N–H and O–H groups in total. The average Bonchev–Trinajstić information content (AvgIpc) is 3.17. The van der Waals surface area contributed by atoms with Crippen molar-refractivity contribution in [1.29, 1.82) is 0 Å². The van der Waals surface area contributed by atoms with Crippen LogP contribution in [0.15, 0.2) is 60.9 Å². The number of rotatable bonds is 6. The number of hydrogen-bond donors (Lipinski definition) is 2. The van der Waals surface area contributed by atoms with Crippen molar-refractivity contribution in [1.82, 2.24) is 19.9 Å². The maximum Gasteiger partial charge on any atom is 0.229 e. The number of fused-ring (bicyclic) bond motifs is 1. The summed E-state index contributed by atoms with van der Waals surface area (Å²) in [6.07, 6.45) is 5.94. The number of nitrogens with one attached hydrogen (secondary N) is 2. The Morgan fingerprint density at radius 2 is 1.91 bits per heavy atom. The van der Waals surface area contributed by atoms with Gasteiger partial charge in [0.05, 0.1) is 0 Å². The van der Waals surface area contributed by atoms with Crippen LogP contribution >= 0.6 is 0 Å². The van der Waals surface area contributed by atoms with E-state index in [1.165, 1.54) is 12.1 Å². The van der Waals surface area contributed by atoms with Gasteiger partial charge in [0.1, 0.15) is 29.1 Å². The minimum atomic E-state index is -0.597. The third-order valence-corrected chi connectivity index (χ3v) is 5.44. The van der Waals surface area contributed by atoms with Gasteiger partial charge in [0, 0.05) is 42.6 Å². The Hall–Kier alpha value is -3.52. The highest BCUT2D eigenvalue weighted by atomic mass is 19.1. The zero-order chi connectivity index (χ0) is 21.9. The fraction of sp³-hybridized carbons (Fsp3) is 0.250. The van der Waals surface area contributed by atoms with E-state index < -0.39 is 11.6 Å². The predicted octanol–water partition coefficient (Wildman–Crippen LogP) is 4.63. The van der Waals surface area contributed by atoms with Crippen LogP contribution in [0.3, 0.4) is 0 Å². The number of halogens is 2. The van der Waals surface area contributed by atoms with Crippen LogP contribution in [0.4, 0.5) is 20.4 Å². The van der Waals surface area contributed by atoms with Gasteiger partial charge in [-0.15, -0.1) is 0 Å². The van der Waals surface area contributed by atoms with Crippen LogP contribution in [0.25, 0.3) is 11.0 Å². The first-order valence-electron chi connectivity index (χ1n) is 10.6. The molecular weight excluding hydrogens is 412 g/mol. The molecule has 164 valence electrons. The summed E-state index contributed by atoms with van der Waals surface area (Å²) >= 11 is 0. The van der Waals surface area contributed by atoms with Gasteiger partial charge in [-0.2, -0.15) is 4.98 Å². The number of nitrogens with zero attached hydrogens (tertiary/aromatic N) is 3. The van der Waals surface area contributed by atoms with Gasteiger partial charge in [-0.05, 0) is 67.4 Å². The molecule has 0 radical (unpaired) electrons. The molecule has 1 fully saturated rings. The maximum absolute atomic E-state index is 13.5.